The summed E-state index contributed by atoms with van der Waals surface area (Å²) in [5, 5.41) is 12.1. The Balaban J connectivity index is 2.27. The molecule has 108 valence electrons. The molecule has 21 heavy (non-hydrogen) atoms. The summed E-state index contributed by atoms with van der Waals surface area (Å²) in [6.07, 6.45) is 3.74. The first kappa shape index (κ1) is 14.9. The van der Waals surface area contributed by atoms with Gasteiger partial charge in [-0.1, -0.05) is 54.7 Å². The van der Waals surface area contributed by atoms with E-state index in [0.29, 0.717) is 17.2 Å². The molecule has 0 radical (unpaired) electrons. The number of thiazole rings is 1. The largest absolute Gasteiger partial charge is 0.477 e. The van der Waals surface area contributed by atoms with Crippen molar-refractivity contribution in [2.24, 2.45) is 0 Å². The van der Waals surface area contributed by atoms with Gasteiger partial charge in [0.1, 0.15) is 4.88 Å². The SMILES string of the molecule is CCC(=O)Nc1nc(/C=C/c2ccccc2)c(C(=O)O)s1. The van der Waals surface area contributed by atoms with Gasteiger partial charge in [0.25, 0.3) is 0 Å². The molecule has 0 aliphatic heterocycles. The average Bonchev–Trinajstić information content (AvgIpc) is 2.89. The second kappa shape index (κ2) is 6.81. The zero-order chi connectivity index (χ0) is 15.2. The molecule has 1 aromatic heterocycles. The zero-order valence-electron chi connectivity index (χ0n) is 11.4. The maximum atomic E-state index is 11.3. The first-order valence-electron chi connectivity index (χ1n) is 6.37. The van der Waals surface area contributed by atoms with E-state index >= 15 is 0 Å². The van der Waals surface area contributed by atoms with Crippen LogP contribution in [0.15, 0.2) is 30.3 Å². The van der Waals surface area contributed by atoms with Crippen molar-refractivity contribution >= 4 is 40.5 Å². The minimum atomic E-state index is -1.06. The average molecular weight is 302 g/mol. The van der Waals surface area contributed by atoms with Crippen LogP contribution in [0.1, 0.15) is 34.3 Å². The van der Waals surface area contributed by atoms with Crippen LogP contribution >= 0.6 is 11.3 Å². The van der Waals surface area contributed by atoms with E-state index in [0.717, 1.165) is 16.9 Å². The molecule has 1 heterocycles. The summed E-state index contributed by atoms with van der Waals surface area (Å²) >= 11 is 0.953. The van der Waals surface area contributed by atoms with Crippen molar-refractivity contribution in [3.05, 3.63) is 46.5 Å². The standard InChI is InChI=1S/C15H14N2O3S/c1-2-12(18)17-15-16-11(13(21-15)14(19)20)9-8-10-6-4-3-5-7-10/h3-9H,2H2,1H3,(H,19,20)(H,16,17,18)/b9-8+. The Kier molecular flexibility index (Phi) is 4.84. The number of rotatable bonds is 5. The van der Waals surface area contributed by atoms with Gasteiger partial charge in [0, 0.05) is 6.42 Å². The maximum Gasteiger partial charge on any atom is 0.348 e. The number of carboxylic acids is 1. The summed E-state index contributed by atoms with van der Waals surface area (Å²) < 4.78 is 0. The molecule has 0 saturated carbocycles. The van der Waals surface area contributed by atoms with E-state index in [9.17, 15) is 14.7 Å². The number of nitrogens with zero attached hydrogens (tertiary/aromatic N) is 1. The molecule has 2 rings (SSSR count). The van der Waals surface area contributed by atoms with E-state index in [1.54, 1.807) is 19.1 Å². The van der Waals surface area contributed by atoms with Crippen LogP contribution in [0.5, 0.6) is 0 Å². The van der Waals surface area contributed by atoms with E-state index in [4.69, 9.17) is 0 Å². The number of aromatic nitrogens is 1. The van der Waals surface area contributed by atoms with Gasteiger partial charge in [-0.25, -0.2) is 9.78 Å². The highest BCUT2D eigenvalue weighted by molar-refractivity contribution is 7.17. The highest BCUT2D eigenvalue weighted by Gasteiger charge is 2.16. The van der Waals surface area contributed by atoms with Gasteiger partial charge in [-0.3, -0.25) is 4.79 Å². The number of carbonyl (C=O) groups excluding carboxylic acids is 1. The monoisotopic (exact) mass is 302 g/mol. The van der Waals surface area contributed by atoms with Crippen molar-refractivity contribution in [3.8, 4) is 0 Å². The fraction of sp³-hybridized carbons (Fsp3) is 0.133. The predicted molar refractivity (Wildman–Crippen MR) is 83.4 cm³/mol. The van der Waals surface area contributed by atoms with E-state index in [-0.39, 0.29) is 10.8 Å². The number of aromatic carboxylic acids is 1. The number of hydrogen-bond acceptors (Lipinski definition) is 4. The van der Waals surface area contributed by atoms with Crippen molar-refractivity contribution in [2.75, 3.05) is 5.32 Å². The number of hydrogen-bond donors (Lipinski definition) is 2. The van der Waals surface area contributed by atoms with Crippen molar-refractivity contribution in [1.29, 1.82) is 0 Å². The first-order chi connectivity index (χ1) is 10.1. The van der Waals surface area contributed by atoms with Gasteiger partial charge in [0.15, 0.2) is 5.13 Å². The van der Waals surface area contributed by atoms with Crippen molar-refractivity contribution < 1.29 is 14.7 Å². The van der Waals surface area contributed by atoms with E-state index in [1.807, 2.05) is 30.3 Å². The molecule has 2 aromatic rings. The molecular formula is C15H14N2O3S. The van der Waals surface area contributed by atoms with Crippen molar-refractivity contribution in [3.63, 3.8) is 0 Å². The van der Waals surface area contributed by atoms with Crippen molar-refractivity contribution in [1.82, 2.24) is 4.98 Å². The van der Waals surface area contributed by atoms with Crippen LogP contribution in [0.25, 0.3) is 12.2 Å². The van der Waals surface area contributed by atoms with Crippen molar-refractivity contribution in [2.45, 2.75) is 13.3 Å². The molecule has 0 aliphatic rings. The quantitative estimate of drug-likeness (QED) is 0.887. The summed E-state index contributed by atoms with van der Waals surface area (Å²) in [5.41, 5.74) is 1.28. The Hall–Kier alpha value is -2.47. The maximum absolute atomic E-state index is 11.3. The molecule has 5 nitrogen and oxygen atoms in total. The van der Waals surface area contributed by atoms with Crippen LogP contribution in [-0.2, 0) is 4.79 Å². The lowest BCUT2D eigenvalue weighted by Crippen LogP contribution is -2.08. The molecule has 0 unspecified atom stereocenters. The van der Waals surface area contributed by atoms with E-state index in [1.165, 1.54) is 0 Å². The number of carbonyl (C=O) groups is 2. The summed E-state index contributed by atoms with van der Waals surface area (Å²) in [7, 11) is 0. The Morgan fingerprint density at radius 1 is 1.29 bits per heavy atom. The molecule has 0 spiro atoms. The Labute approximate surface area is 126 Å². The molecule has 1 amide bonds. The molecule has 2 N–H and O–H groups in total. The zero-order valence-corrected chi connectivity index (χ0v) is 12.2. The minimum absolute atomic E-state index is 0.105. The van der Waals surface area contributed by atoms with Gasteiger partial charge in [0.05, 0.1) is 5.69 Å². The summed E-state index contributed by atoms with van der Waals surface area (Å²) in [6.45, 7) is 1.72. The molecule has 0 saturated heterocycles. The predicted octanol–water partition coefficient (Wildman–Crippen LogP) is 3.36. The number of nitrogens with one attached hydrogen (secondary N) is 1. The lowest BCUT2D eigenvalue weighted by Gasteiger charge is -1.95. The number of carboxylic acid groups (broad SMARTS) is 1. The normalized spacial score (nSPS) is 10.7. The molecule has 0 aliphatic carbocycles. The topological polar surface area (TPSA) is 79.3 Å². The lowest BCUT2D eigenvalue weighted by molar-refractivity contribution is -0.115. The van der Waals surface area contributed by atoms with Crippen LogP contribution in [-0.4, -0.2) is 22.0 Å². The van der Waals surface area contributed by atoms with Gasteiger partial charge < -0.3 is 10.4 Å². The second-order valence-corrected chi connectivity index (χ2v) is 5.18. The Morgan fingerprint density at radius 2 is 2.00 bits per heavy atom. The summed E-state index contributed by atoms with van der Waals surface area (Å²) in [5.74, 6) is -1.25. The fourth-order valence-corrected chi connectivity index (χ4v) is 2.41. The molecular weight excluding hydrogens is 288 g/mol. The first-order valence-corrected chi connectivity index (χ1v) is 7.19. The van der Waals surface area contributed by atoms with Gasteiger partial charge in [0.2, 0.25) is 5.91 Å². The Morgan fingerprint density at radius 3 is 2.62 bits per heavy atom. The van der Waals surface area contributed by atoms with Crippen LogP contribution in [0.3, 0.4) is 0 Å². The summed E-state index contributed by atoms with van der Waals surface area (Å²) in [6, 6.07) is 9.50. The van der Waals surface area contributed by atoms with Crippen LogP contribution in [0, 0.1) is 0 Å². The third-order valence-electron chi connectivity index (χ3n) is 2.65. The van der Waals surface area contributed by atoms with Gasteiger partial charge in [-0.05, 0) is 11.6 Å². The molecule has 6 heteroatoms. The summed E-state index contributed by atoms with van der Waals surface area (Å²) in [4.78, 5) is 26.8. The minimum Gasteiger partial charge on any atom is -0.477 e. The molecule has 0 fully saturated rings. The molecule has 0 atom stereocenters. The van der Waals surface area contributed by atoms with Gasteiger partial charge in [-0.15, -0.1) is 0 Å². The number of amides is 1. The fourth-order valence-electron chi connectivity index (χ4n) is 1.60. The third-order valence-corrected chi connectivity index (χ3v) is 3.62. The smallest absolute Gasteiger partial charge is 0.348 e. The second-order valence-electron chi connectivity index (χ2n) is 4.18. The molecule has 1 aromatic carbocycles. The van der Waals surface area contributed by atoms with Crippen LogP contribution < -0.4 is 5.32 Å². The highest BCUT2D eigenvalue weighted by Crippen LogP contribution is 2.25. The lowest BCUT2D eigenvalue weighted by atomic mass is 10.2. The van der Waals surface area contributed by atoms with Crippen LogP contribution in [0.2, 0.25) is 0 Å². The molecule has 0 bridgehead atoms. The Bertz CT molecular complexity index is 677. The number of benzene rings is 1. The van der Waals surface area contributed by atoms with Gasteiger partial charge >= 0.3 is 5.97 Å². The third kappa shape index (κ3) is 4.00. The van der Waals surface area contributed by atoms with Crippen LogP contribution in [0.4, 0.5) is 5.13 Å². The van der Waals surface area contributed by atoms with E-state index < -0.39 is 5.97 Å². The highest BCUT2D eigenvalue weighted by atomic mass is 32.1. The number of anilines is 1. The van der Waals surface area contributed by atoms with E-state index in [2.05, 4.69) is 10.3 Å². The van der Waals surface area contributed by atoms with Gasteiger partial charge in [-0.2, -0.15) is 0 Å².